The summed E-state index contributed by atoms with van der Waals surface area (Å²) in [5.74, 6) is 0. The van der Waals surface area contributed by atoms with Crippen molar-refractivity contribution >= 4 is 14.8 Å². The second-order valence-corrected chi connectivity index (χ2v) is 4.91. The summed E-state index contributed by atoms with van der Waals surface area (Å²) >= 11 is 7.28. The van der Waals surface area contributed by atoms with Crippen molar-refractivity contribution in [3.63, 3.8) is 0 Å². The van der Waals surface area contributed by atoms with Crippen molar-refractivity contribution in [2.45, 2.75) is 0 Å². The van der Waals surface area contributed by atoms with E-state index in [-0.39, 0.29) is 0 Å². The molecule has 2 aromatic rings. The SMILES string of the molecule is Clc1ccc([C](=[Zr+2])c2ccccc2)cc1. The third-order valence-corrected chi connectivity index (χ3v) is 3.87. The molecule has 0 heterocycles. The minimum absolute atomic E-state index is 0.787. The first-order valence-electron chi connectivity index (χ1n) is 4.67. The van der Waals surface area contributed by atoms with Gasteiger partial charge in [-0.25, -0.2) is 0 Å². The molecule has 0 N–H and O–H groups in total. The second-order valence-electron chi connectivity index (χ2n) is 3.25. The normalized spacial score (nSPS) is 10.1. The Morgan fingerprint density at radius 3 is 1.93 bits per heavy atom. The maximum atomic E-state index is 5.86. The van der Waals surface area contributed by atoms with E-state index < -0.39 is 0 Å². The number of benzene rings is 2. The summed E-state index contributed by atoms with van der Waals surface area (Å²) in [4.78, 5) is 0. The molecule has 0 nitrogen and oxygen atoms in total. The van der Waals surface area contributed by atoms with Gasteiger partial charge in [-0.3, -0.25) is 0 Å². The Kier molecular flexibility index (Phi) is 3.67. The van der Waals surface area contributed by atoms with E-state index in [1.54, 1.807) is 0 Å². The predicted molar refractivity (Wildman–Crippen MR) is 61.1 cm³/mol. The molecule has 0 aliphatic carbocycles. The maximum absolute atomic E-state index is 5.86. The van der Waals surface area contributed by atoms with Gasteiger partial charge in [0.15, 0.2) is 0 Å². The molecule has 2 aromatic carbocycles. The van der Waals surface area contributed by atoms with Crippen LogP contribution in [0.1, 0.15) is 11.1 Å². The molecule has 0 aromatic heterocycles. The number of rotatable bonds is 2. The predicted octanol–water partition coefficient (Wildman–Crippen LogP) is 3.46. The second kappa shape index (κ2) is 5.01. The molecule has 0 aliphatic heterocycles. The van der Waals surface area contributed by atoms with Crippen molar-refractivity contribution in [2.24, 2.45) is 0 Å². The van der Waals surface area contributed by atoms with Gasteiger partial charge in [-0.05, 0) is 0 Å². The fourth-order valence-electron chi connectivity index (χ4n) is 1.39. The van der Waals surface area contributed by atoms with Crippen LogP contribution in [0.5, 0.6) is 0 Å². The molecule has 0 unspecified atom stereocenters. The van der Waals surface area contributed by atoms with Crippen LogP contribution >= 0.6 is 11.6 Å². The van der Waals surface area contributed by atoms with Crippen LogP contribution in [-0.4, -0.2) is 3.21 Å². The molecule has 2 rings (SSSR count). The summed E-state index contributed by atoms with van der Waals surface area (Å²) in [5, 5.41) is 0.787. The molecule has 0 spiro atoms. The minimum atomic E-state index is 0.787. The molecule has 0 fully saturated rings. The van der Waals surface area contributed by atoms with Gasteiger partial charge in [0.2, 0.25) is 0 Å². The fraction of sp³-hybridized carbons (Fsp3) is 0. The topological polar surface area (TPSA) is 0 Å². The van der Waals surface area contributed by atoms with Gasteiger partial charge in [0.05, 0.1) is 0 Å². The Balaban J connectivity index is 2.33. The summed E-state index contributed by atoms with van der Waals surface area (Å²) in [7, 11) is 0. The van der Waals surface area contributed by atoms with Gasteiger partial charge in [0.1, 0.15) is 0 Å². The molecule has 2 heteroatoms. The Morgan fingerprint density at radius 1 is 0.800 bits per heavy atom. The van der Waals surface area contributed by atoms with E-state index in [0.717, 1.165) is 5.02 Å². The molecule has 0 radical (unpaired) electrons. The van der Waals surface area contributed by atoms with E-state index in [9.17, 15) is 0 Å². The van der Waals surface area contributed by atoms with Crippen LogP contribution in [0.25, 0.3) is 0 Å². The number of hydrogen-bond donors (Lipinski definition) is 0. The zero-order valence-electron chi connectivity index (χ0n) is 8.07. The quantitative estimate of drug-likeness (QED) is 0.795. The van der Waals surface area contributed by atoms with Crippen molar-refractivity contribution < 1.29 is 24.2 Å². The van der Waals surface area contributed by atoms with Gasteiger partial charge in [0, 0.05) is 0 Å². The third-order valence-electron chi connectivity index (χ3n) is 2.20. The Labute approximate surface area is 109 Å². The zero-order chi connectivity index (χ0) is 10.7. The first kappa shape index (κ1) is 11.0. The van der Waals surface area contributed by atoms with Gasteiger partial charge >= 0.3 is 110 Å². The van der Waals surface area contributed by atoms with E-state index in [1.807, 2.05) is 18.2 Å². The molecule has 70 valence electrons. The Bertz CT molecular complexity index is 460. The van der Waals surface area contributed by atoms with Crippen LogP contribution in [-0.2, 0) is 24.2 Å². The Hall–Kier alpha value is -0.517. The van der Waals surface area contributed by atoms with Crippen LogP contribution in [0.3, 0.4) is 0 Å². The van der Waals surface area contributed by atoms with Crippen LogP contribution in [0, 0.1) is 0 Å². The van der Waals surface area contributed by atoms with Gasteiger partial charge in [-0.1, -0.05) is 0 Å². The first-order chi connectivity index (χ1) is 7.27. The molecule has 0 saturated carbocycles. The van der Waals surface area contributed by atoms with Crippen molar-refractivity contribution in [3.05, 3.63) is 70.7 Å². The standard InChI is InChI=1S/C13H9Cl.Zr/c14-13-8-6-12(7-9-13)10-11-4-2-1-3-5-11;/h1-9H;/q;+2. The first-order valence-corrected chi connectivity index (χ1v) is 6.28. The van der Waals surface area contributed by atoms with Crippen molar-refractivity contribution in [1.29, 1.82) is 0 Å². The van der Waals surface area contributed by atoms with Crippen LogP contribution in [0.4, 0.5) is 0 Å². The summed E-state index contributed by atoms with van der Waals surface area (Å²) in [5.41, 5.74) is 2.54. The van der Waals surface area contributed by atoms with Gasteiger partial charge in [0.25, 0.3) is 0 Å². The fourth-order valence-corrected chi connectivity index (χ4v) is 2.33. The molecule has 0 aliphatic rings. The molecule has 0 saturated heterocycles. The molecule has 15 heavy (non-hydrogen) atoms. The Morgan fingerprint density at radius 2 is 1.33 bits per heavy atom. The molecule has 0 atom stereocenters. The summed E-state index contributed by atoms with van der Waals surface area (Å²) in [6, 6.07) is 18.4. The van der Waals surface area contributed by atoms with Crippen molar-refractivity contribution in [2.75, 3.05) is 0 Å². The van der Waals surface area contributed by atoms with Gasteiger partial charge in [-0.2, -0.15) is 0 Å². The van der Waals surface area contributed by atoms with E-state index >= 15 is 0 Å². The number of hydrogen-bond acceptors (Lipinski definition) is 0. The third kappa shape index (κ3) is 2.74. The van der Waals surface area contributed by atoms with E-state index in [4.69, 9.17) is 11.6 Å². The zero-order valence-corrected chi connectivity index (χ0v) is 11.3. The van der Waals surface area contributed by atoms with E-state index in [2.05, 4.69) is 36.4 Å². The molecule has 0 amide bonds. The van der Waals surface area contributed by atoms with E-state index in [0.29, 0.717) is 0 Å². The van der Waals surface area contributed by atoms with E-state index in [1.165, 1.54) is 38.6 Å². The summed E-state index contributed by atoms with van der Waals surface area (Å²) < 4.78 is 1.36. The van der Waals surface area contributed by atoms with Crippen LogP contribution in [0.2, 0.25) is 5.02 Å². The monoisotopic (exact) mass is 290 g/mol. The average Bonchev–Trinajstić information content (AvgIpc) is 2.30. The van der Waals surface area contributed by atoms with Crippen LogP contribution in [0.15, 0.2) is 54.6 Å². The van der Waals surface area contributed by atoms with Crippen molar-refractivity contribution in [3.8, 4) is 0 Å². The van der Waals surface area contributed by atoms with Gasteiger partial charge < -0.3 is 0 Å². The molecular formula is C13H9ClZr+2. The number of halogens is 1. The molecular weight excluding hydrogens is 283 g/mol. The summed E-state index contributed by atoms with van der Waals surface area (Å²) in [6.45, 7) is 0. The van der Waals surface area contributed by atoms with Gasteiger partial charge in [-0.15, -0.1) is 0 Å². The van der Waals surface area contributed by atoms with Crippen LogP contribution < -0.4 is 0 Å². The summed E-state index contributed by atoms with van der Waals surface area (Å²) in [6.07, 6.45) is 0. The molecule has 0 bridgehead atoms. The average molecular weight is 292 g/mol. The van der Waals surface area contributed by atoms with Crippen molar-refractivity contribution in [1.82, 2.24) is 0 Å².